The van der Waals surface area contributed by atoms with Gasteiger partial charge in [-0.25, -0.2) is 0 Å². The van der Waals surface area contributed by atoms with Gasteiger partial charge in [0, 0.05) is 0 Å². The van der Waals surface area contributed by atoms with Crippen molar-refractivity contribution in [1.82, 2.24) is 0 Å². The fourth-order valence-electron chi connectivity index (χ4n) is 1.94. The molecule has 16 heavy (non-hydrogen) atoms. The van der Waals surface area contributed by atoms with Crippen molar-refractivity contribution < 1.29 is 0 Å². The molecule has 0 aliphatic rings. The molecule has 0 bridgehead atoms. The van der Waals surface area contributed by atoms with E-state index in [9.17, 15) is 0 Å². The number of unbranched alkanes of at least 4 members (excludes halogenated alkanes) is 2. The van der Waals surface area contributed by atoms with Gasteiger partial charge >= 0.3 is 0 Å². The minimum absolute atomic E-state index is 1.09. The Bertz CT molecular complexity index is 310. The molecule has 1 rings (SSSR count). The van der Waals surface area contributed by atoms with Crippen LogP contribution in [0.25, 0.3) is 0 Å². The quantitative estimate of drug-likeness (QED) is 0.448. The Balaban J connectivity index is 2.56. The smallest absolute Gasteiger partial charge is 0.00947 e. The maximum Gasteiger partial charge on any atom is -0.00947 e. The molecule has 0 heterocycles. The molecule has 1 aromatic rings. The van der Waals surface area contributed by atoms with Gasteiger partial charge in [0.2, 0.25) is 0 Å². The molecule has 0 radical (unpaired) electrons. The van der Waals surface area contributed by atoms with Crippen LogP contribution in [0.5, 0.6) is 0 Å². The third-order valence-electron chi connectivity index (χ3n) is 2.91. The number of hydrogen-bond acceptors (Lipinski definition) is 0. The van der Waals surface area contributed by atoms with Crippen LogP contribution in [-0.4, -0.2) is 0 Å². The van der Waals surface area contributed by atoms with Gasteiger partial charge in [-0.1, -0.05) is 63.1 Å². The summed E-state index contributed by atoms with van der Waals surface area (Å²) in [6.07, 6.45) is 12.0. The highest BCUT2D eigenvalue weighted by Gasteiger charge is 1.99. The van der Waals surface area contributed by atoms with Crippen molar-refractivity contribution in [2.45, 2.75) is 52.4 Å². The molecule has 0 spiro atoms. The maximum absolute atomic E-state index is 2.29. The molecule has 0 amide bonds. The van der Waals surface area contributed by atoms with E-state index in [1.807, 2.05) is 0 Å². The Morgan fingerprint density at radius 1 is 0.938 bits per heavy atom. The number of aryl methyl sites for hydroxylation is 1. The fourth-order valence-corrected chi connectivity index (χ4v) is 1.94. The molecule has 0 fully saturated rings. The van der Waals surface area contributed by atoms with E-state index in [0.717, 1.165) is 12.8 Å². The average molecular weight is 216 g/mol. The topological polar surface area (TPSA) is 0 Å². The summed E-state index contributed by atoms with van der Waals surface area (Å²) < 4.78 is 0. The molecule has 0 nitrogen and oxygen atoms in total. The van der Waals surface area contributed by atoms with Gasteiger partial charge in [-0.3, -0.25) is 0 Å². The van der Waals surface area contributed by atoms with Crippen LogP contribution in [0.15, 0.2) is 36.4 Å². The molecule has 1 aromatic carbocycles. The van der Waals surface area contributed by atoms with Crippen molar-refractivity contribution in [2.24, 2.45) is 0 Å². The van der Waals surface area contributed by atoms with Gasteiger partial charge in [-0.2, -0.15) is 0 Å². The van der Waals surface area contributed by atoms with Crippen molar-refractivity contribution in [3.8, 4) is 0 Å². The second-order valence-corrected chi connectivity index (χ2v) is 4.31. The minimum Gasteiger partial charge on any atom is -0.0885 e. The number of rotatable bonds is 7. The summed E-state index contributed by atoms with van der Waals surface area (Å²) in [7, 11) is 0. The molecule has 0 aromatic heterocycles. The maximum atomic E-state index is 2.29. The first-order valence-corrected chi connectivity index (χ1v) is 6.60. The first-order chi connectivity index (χ1) is 7.88. The van der Waals surface area contributed by atoms with Crippen molar-refractivity contribution in [3.05, 3.63) is 47.5 Å². The normalized spacial score (nSPS) is 11.1. The van der Waals surface area contributed by atoms with E-state index >= 15 is 0 Å². The van der Waals surface area contributed by atoms with Gasteiger partial charge in [-0.05, 0) is 36.8 Å². The molecule has 0 aliphatic carbocycles. The Morgan fingerprint density at radius 2 is 1.69 bits per heavy atom. The second-order valence-electron chi connectivity index (χ2n) is 4.31. The van der Waals surface area contributed by atoms with E-state index in [4.69, 9.17) is 0 Å². The highest BCUT2D eigenvalue weighted by molar-refractivity contribution is 5.29. The van der Waals surface area contributed by atoms with Gasteiger partial charge in [0.05, 0.1) is 0 Å². The molecule has 0 saturated carbocycles. The summed E-state index contributed by atoms with van der Waals surface area (Å²) in [5, 5.41) is 0. The molecular formula is C16H24. The molecule has 88 valence electrons. The lowest BCUT2D eigenvalue weighted by Crippen LogP contribution is -1.93. The van der Waals surface area contributed by atoms with E-state index in [1.165, 1.54) is 36.8 Å². The molecule has 0 saturated heterocycles. The Labute approximate surface area is 100 Å². The Hall–Kier alpha value is -1.04. The van der Waals surface area contributed by atoms with E-state index in [2.05, 4.69) is 50.3 Å². The highest BCUT2D eigenvalue weighted by Crippen LogP contribution is 2.14. The Kier molecular flexibility index (Phi) is 6.64. The Morgan fingerprint density at radius 3 is 2.38 bits per heavy atom. The minimum atomic E-state index is 1.09. The molecular weight excluding hydrogens is 192 g/mol. The first kappa shape index (κ1) is 13.0. The predicted molar refractivity (Wildman–Crippen MR) is 72.8 cm³/mol. The molecule has 0 atom stereocenters. The average Bonchev–Trinajstić information content (AvgIpc) is 2.32. The zero-order valence-corrected chi connectivity index (χ0v) is 10.7. The summed E-state index contributed by atoms with van der Waals surface area (Å²) >= 11 is 0. The summed E-state index contributed by atoms with van der Waals surface area (Å²) in [5.74, 6) is 0. The van der Waals surface area contributed by atoms with E-state index in [0.29, 0.717) is 0 Å². The molecule has 0 unspecified atom stereocenters. The highest BCUT2D eigenvalue weighted by atomic mass is 14.0. The van der Waals surface area contributed by atoms with Gasteiger partial charge in [0.25, 0.3) is 0 Å². The molecule has 0 heteroatoms. The first-order valence-electron chi connectivity index (χ1n) is 6.60. The predicted octanol–water partition coefficient (Wildman–Crippen LogP) is 4.93. The number of allylic oxidation sites excluding steroid dienone is 2. The largest absolute Gasteiger partial charge is 0.0885 e. The lowest BCUT2D eigenvalue weighted by Gasteiger charge is -2.07. The second kappa shape index (κ2) is 8.15. The van der Waals surface area contributed by atoms with Gasteiger partial charge in [-0.15, -0.1) is 0 Å². The van der Waals surface area contributed by atoms with Crippen molar-refractivity contribution in [3.63, 3.8) is 0 Å². The van der Waals surface area contributed by atoms with Gasteiger partial charge in [0.15, 0.2) is 0 Å². The number of hydrogen-bond donors (Lipinski definition) is 0. The van der Waals surface area contributed by atoms with E-state index < -0.39 is 0 Å². The van der Waals surface area contributed by atoms with E-state index in [-0.39, 0.29) is 0 Å². The van der Waals surface area contributed by atoms with Crippen molar-refractivity contribution in [2.75, 3.05) is 0 Å². The van der Waals surface area contributed by atoms with Crippen LogP contribution >= 0.6 is 0 Å². The third kappa shape index (κ3) is 4.65. The van der Waals surface area contributed by atoms with Crippen LogP contribution in [0.3, 0.4) is 0 Å². The summed E-state index contributed by atoms with van der Waals surface area (Å²) in [6.45, 7) is 4.44. The van der Waals surface area contributed by atoms with Crippen LogP contribution in [0.4, 0.5) is 0 Å². The van der Waals surface area contributed by atoms with Gasteiger partial charge < -0.3 is 0 Å². The number of benzene rings is 1. The lowest BCUT2D eigenvalue weighted by atomic mass is 9.99. The standard InChI is InChI=1S/C16H24/c1-3-5-7-11-15-13-9-10-14-16(15)12-8-6-4-2/h5,7,9-10,13-14H,3-4,6,8,11-12H2,1-2H3. The molecule has 0 N–H and O–H groups in total. The van der Waals surface area contributed by atoms with Crippen LogP contribution in [-0.2, 0) is 12.8 Å². The zero-order chi connectivity index (χ0) is 11.6. The monoisotopic (exact) mass is 216 g/mol. The third-order valence-corrected chi connectivity index (χ3v) is 2.91. The van der Waals surface area contributed by atoms with Crippen LogP contribution < -0.4 is 0 Å². The summed E-state index contributed by atoms with van der Waals surface area (Å²) in [5.41, 5.74) is 3.04. The van der Waals surface area contributed by atoms with Crippen LogP contribution in [0.1, 0.15) is 50.7 Å². The lowest BCUT2D eigenvalue weighted by molar-refractivity contribution is 0.714. The van der Waals surface area contributed by atoms with Crippen molar-refractivity contribution >= 4 is 0 Å². The van der Waals surface area contributed by atoms with Crippen molar-refractivity contribution in [1.29, 1.82) is 0 Å². The zero-order valence-electron chi connectivity index (χ0n) is 10.7. The van der Waals surface area contributed by atoms with Crippen LogP contribution in [0.2, 0.25) is 0 Å². The SMILES string of the molecule is CCC=CCc1ccccc1CCCCC. The van der Waals surface area contributed by atoms with E-state index in [1.54, 1.807) is 0 Å². The summed E-state index contributed by atoms with van der Waals surface area (Å²) in [4.78, 5) is 0. The van der Waals surface area contributed by atoms with Crippen LogP contribution in [0, 0.1) is 0 Å². The van der Waals surface area contributed by atoms with Gasteiger partial charge in [0.1, 0.15) is 0 Å². The summed E-state index contributed by atoms with van der Waals surface area (Å²) in [6, 6.07) is 8.86. The fraction of sp³-hybridized carbons (Fsp3) is 0.500. The molecule has 0 aliphatic heterocycles.